The van der Waals surface area contributed by atoms with E-state index in [1.807, 2.05) is 6.08 Å². The Morgan fingerprint density at radius 1 is 1.36 bits per heavy atom. The Bertz CT molecular complexity index is 126. The van der Waals surface area contributed by atoms with Crippen LogP contribution in [0.1, 0.15) is 33.1 Å². The Hall–Kier alpha value is -0.960. The predicted molar refractivity (Wildman–Crippen MR) is 53.4 cm³/mol. The van der Waals surface area contributed by atoms with Crippen molar-refractivity contribution in [1.29, 1.82) is 0 Å². The van der Waals surface area contributed by atoms with Crippen molar-refractivity contribution in [2.24, 2.45) is 0 Å². The van der Waals surface area contributed by atoms with Gasteiger partial charge in [0.1, 0.15) is 0 Å². The summed E-state index contributed by atoms with van der Waals surface area (Å²) in [5.41, 5.74) is 1.39. The fourth-order valence-electron chi connectivity index (χ4n) is 0.838. The molecule has 0 bridgehead atoms. The van der Waals surface area contributed by atoms with Crippen molar-refractivity contribution in [3.63, 3.8) is 0 Å². The fourth-order valence-corrected chi connectivity index (χ4v) is 0.838. The number of terminal acetylenes is 1. The van der Waals surface area contributed by atoms with Crippen LogP contribution in [0.2, 0.25) is 0 Å². The molecule has 0 unspecified atom stereocenters. The summed E-state index contributed by atoms with van der Waals surface area (Å²) >= 11 is 0. The third-order valence-corrected chi connectivity index (χ3v) is 1.27. The molecule has 0 heteroatoms. The van der Waals surface area contributed by atoms with Crippen LogP contribution < -0.4 is 0 Å². The molecule has 0 aromatic heterocycles. The van der Waals surface area contributed by atoms with Crippen molar-refractivity contribution in [2.45, 2.75) is 33.1 Å². The van der Waals surface area contributed by atoms with Gasteiger partial charge in [0.25, 0.3) is 0 Å². The van der Waals surface area contributed by atoms with Crippen LogP contribution in [0.25, 0.3) is 0 Å². The highest BCUT2D eigenvalue weighted by Gasteiger charge is 1.85. The molecule has 0 amide bonds. The topological polar surface area (TPSA) is 0 Å². The SMILES string of the molecule is C#C.C=C/C(=C\CC)CCC. The van der Waals surface area contributed by atoms with Gasteiger partial charge in [0.2, 0.25) is 0 Å². The minimum atomic E-state index is 1.13. The first-order chi connectivity index (χ1) is 5.35. The standard InChI is InChI=1S/C9H16.C2H2/c1-4-7-9(6-3)8-5-2;1-2/h6-7H,3-5,8H2,1-2H3;1-2H/b9-7+;. The van der Waals surface area contributed by atoms with E-state index in [0.717, 1.165) is 6.42 Å². The molecule has 0 aliphatic heterocycles. The molecule has 0 nitrogen and oxygen atoms in total. The van der Waals surface area contributed by atoms with Crippen molar-refractivity contribution in [1.82, 2.24) is 0 Å². The minimum absolute atomic E-state index is 1.13. The van der Waals surface area contributed by atoms with Gasteiger partial charge in [-0.25, -0.2) is 0 Å². The Labute approximate surface area is 71.0 Å². The second-order valence-electron chi connectivity index (χ2n) is 2.14. The zero-order valence-corrected chi connectivity index (χ0v) is 7.64. The van der Waals surface area contributed by atoms with E-state index in [4.69, 9.17) is 0 Å². The average molecular weight is 150 g/mol. The average Bonchev–Trinajstić information content (AvgIpc) is 2.08. The maximum Gasteiger partial charge on any atom is -0.0285 e. The van der Waals surface area contributed by atoms with Crippen molar-refractivity contribution in [2.75, 3.05) is 0 Å². The molecule has 62 valence electrons. The van der Waals surface area contributed by atoms with Crippen LogP contribution >= 0.6 is 0 Å². The van der Waals surface area contributed by atoms with E-state index in [9.17, 15) is 0 Å². The van der Waals surface area contributed by atoms with Crippen LogP contribution in [0.15, 0.2) is 24.3 Å². The van der Waals surface area contributed by atoms with Gasteiger partial charge in [-0.3, -0.25) is 0 Å². The molecule has 0 aliphatic carbocycles. The maximum absolute atomic E-state index is 4.00. The lowest BCUT2D eigenvalue weighted by Gasteiger charge is -1.95. The molecular weight excluding hydrogens is 132 g/mol. The number of hydrogen-bond acceptors (Lipinski definition) is 0. The molecule has 0 saturated heterocycles. The molecular formula is C11H18. The summed E-state index contributed by atoms with van der Waals surface area (Å²) in [6.45, 7) is 8.07. The molecule has 0 spiro atoms. The zero-order chi connectivity index (χ0) is 9.11. The molecule has 0 rings (SSSR count). The van der Waals surface area contributed by atoms with Gasteiger partial charge in [-0.2, -0.15) is 0 Å². The number of allylic oxidation sites excluding steroid dienone is 3. The van der Waals surface area contributed by atoms with Crippen LogP contribution in [0.3, 0.4) is 0 Å². The highest BCUT2D eigenvalue weighted by Crippen LogP contribution is 2.05. The lowest BCUT2D eigenvalue weighted by atomic mass is 10.1. The summed E-state index contributed by atoms with van der Waals surface area (Å²) in [5.74, 6) is 0. The zero-order valence-electron chi connectivity index (χ0n) is 7.64. The molecule has 0 fully saturated rings. The molecule has 0 aromatic carbocycles. The normalized spacial score (nSPS) is 9.64. The molecule has 0 radical (unpaired) electrons. The smallest absolute Gasteiger partial charge is 0.0285 e. The summed E-state index contributed by atoms with van der Waals surface area (Å²) < 4.78 is 0. The van der Waals surface area contributed by atoms with E-state index in [1.54, 1.807) is 0 Å². The van der Waals surface area contributed by atoms with E-state index < -0.39 is 0 Å². The van der Waals surface area contributed by atoms with E-state index >= 15 is 0 Å². The monoisotopic (exact) mass is 150 g/mol. The van der Waals surface area contributed by atoms with Gasteiger partial charge in [-0.1, -0.05) is 44.6 Å². The summed E-state index contributed by atoms with van der Waals surface area (Å²) in [6, 6.07) is 0. The van der Waals surface area contributed by atoms with Gasteiger partial charge in [0.15, 0.2) is 0 Å². The molecule has 0 N–H and O–H groups in total. The minimum Gasteiger partial charge on any atom is -0.124 e. The molecule has 0 atom stereocenters. The molecule has 0 heterocycles. The van der Waals surface area contributed by atoms with Gasteiger partial charge in [0.05, 0.1) is 0 Å². The summed E-state index contributed by atoms with van der Waals surface area (Å²) in [4.78, 5) is 0. The van der Waals surface area contributed by atoms with Crippen molar-refractivity contribution >= 4 is 0 Å². The lowest BCUT2D eigenvalue weighted by Crippen LogP contribution is -1.75. The van der Waals surface area contributed by atoms with E-state index in [-0.39, 0.29) is 0 Å². The van der Waals surface area contributed by atoms with E-state index in [2.05, 4.69) is 39.3 Å². The van der Waals surface area contributed by atoms with Crippen molar-refractivity contribution < 1.29 is 0 Å². The Kier molecular flexibility index (Phi) is 13.6. The third-order valence-electron chi connectivity index (χ3n) is 1.27. The number of rotatable bonds is 4. The van der Waals surface area contributed by atoms with Crippen LogP contribution in [0.4, 0.5) is 0 Å². The fraction of sp³-hybridized carbons (Fsp3) is 0.455. The molecule has 0 saturated carbocycles. The highest BCUT2D eigenvalue weighted by atomic mass is 13.9. The van der Waals surface area contributed by atoms with Gasteiger partial charge < -0.3 is 0 Å². The van der Waals surface area contributed by atoms with Gasteiger partial charge in [-0.05, 0) is 12.8 Å². The second-order valence-corrected chi connectivity index (χ2v) is 2.14. The maximum atomic E-state index is 4.00. The first kappa shape index (κ1) is 12.7. The summed E-state index contributed by atoms with van der Waals surface area (Å²) in [7, 11) is 0. The van der Waals surface area contributed by atoms with Gasteiger partial charge in [-0.15, -0.1) is 12.8 Å². The van der Waals surface area contributed by atoms with E-state index in [0.29, 0.717) is 0 Å². The van der Waals surface area contributed by atoms with Crippen molar-refractivity contribution in [3.8, 4) is 12.8 Å². The lowest BCUT2D eigenvalue weighted by molar-refractivity contribution is 0.918. The Morgan fingerprint density at radius 3 is 2.18 bits per heavy atom. The van der Waals surface area contributed by atoms with Crippen LogP contribution in [0.5, 0.6) is 0 Å². The van der Waals surface area contributed by atoms with Crippen LogP contribution in [-0.4, -0.2) is 0 Å². The molecule has 0 aromatic rings. The van der Waals surface area contributed by atoms with Gasteiger partial charge in [0, 0.05) is 0 Å². The second kappa shape index (κ2) is 11.8. The molecule has 0 aliphatic rings. The first-order valence-corrected chi connectivity index (χ1v) is 3.99. The summed E-state index contributed by atoms with van der Waals surface area (Å²) in [5, 5.41) is 0. The number of hydrogen-bond donors (Lipinski definition) is 0. The summed E-state index contributed by atoms with van der Waals surface area (Å²) in [6.07, 6.45) is 15.7. The quantitative estimate of drug-likeness (QED) is 0.424. The van der Waals surface area contributed by atoms with Crippen molar-refractivity contribution in [3.05, 3.63) is 24.3 Å². The largest absolute Gasteiger partial charge is 0.124 e. The highest BCUT2D eigenvalue weighted by molar-refractivity contribution is 5.15. The predicted octanol–water partition coefficient (Wildman–Crippen LogP) is 3.56. The van der Waals surface area contributed by atoms with E-state index in [1.165, 1.54) is 18.4 Å². The van der Waals surface area contributed by atoms with Gasteiger partial charge >= 0.3 is 0 Å². The van der Waals surface area contributed by atoms with Crippen LogP contribution in [-0.2, 0) is 0 Å². The first-order valence-electron chi connectivity index (χ1n) is 3.99. The Balaban J connectivity index is 0. The molecule has 11 heavy (non-hydrogen) atoms. The third kappa shape index (κ3) is 9.04. The Morgan fingerprint density at radius 2 is 1.91 bits per heavy atom. The van der Waals surface area contributed by atoms with Crippen LogP contribution in [0, 0.1) is 12.8 Å².